The molecule has 0 aliphatic carbocycles. The molecule has 8 heteroatoms. The molecule has 0 spiro atoms. The number of aromatic amines is 1. The highest BCUT2D eigenvalue weighted by Crippen LogP contribution is 2.28. The van der Waals surface area contributed by atoms with Gasteiger partial charge in [0.25, 0.3) is 5.56 Å². The highest BCUT2D eigenvalue weighted by molar-refractivity contribution is 5.89. The van der Waals surface area contributed by atoms with Gasteiger partial charge in [0.15, 0.2) is 11.5 Å². The van der Waals surface area contributed by atoms with Crippen LogP contribution in [0.4, 0.5) is 14.9 Å². The number of hydrogen-bond acceptors (Lipinski definition) is 4. The van der Waals surface area contributed by atoms with E-state index in [0.29, 0.717) is 23.5 Å². The smallest absolute Gasteiger partial charge is 0.322 e. The number of methoxy groups -OCH3 is 2. The normalized spacial score (nSPS) is 10.8. The molecular formula is C29H30FN3O4. The van der Waals surface area contributed by atoms with Gasteiger partial charge in [-0.1, -0.05) is 30.3 Å². The summed E-state index contributed by atoms with van der Waals surface area (Å²) >= 11 is 0. The Morgan fingerprint density at radius 1 is 1.00 bits per heavy atom. The van der Waals surface area contributed by atoms with Gasteiger partial charge in [-0.15, -0.1) is 0 Å². The molecule has 192 valence electrons. The first-order valence-corrected chi connectivity index (χ1v) is 11.9. The molecule has 1 heterocycles. The van der Waals surface area contributed by atoms with Crippen LogP contribution in [0, 0.1) is 19.7 Å². The topological polar surface area (TPSA) is 83.7 Å². The summed E-state index contributed by atoms with van der Waals surface area (Å²) in [5.41, 5.74) is 4.02. The molecule has 0 saturated heterocycles. The number of nitrogens with one attached hydrogen (secondary N) is 2. The minimum absolute atomic E-state index is 0.0474. The van der Waals surface area contributed by atoms with Crippen LogP contribution >= 0.6 is 0 Å². The Morgan fingerprint density at radius 2 is 1.76 bits per heavy atom. The van der Waals surface area contributed by atoms with Crippen LogP contribution in [0.25, 0.3) is 10.9 Å². The third-order valence-corrected chi connectivity index (χ3v) is 6.51. The fourth-order valence-electron chi connectivity index (χ4n) is 4.20. The number of urea groups is 1. The second kappa shape index (κ2) is 11.2. The summed E-state index contributed by atoms with van der Waals surface area (Å²) in [6.07, 6.45) is 0.481. The maximum Gasteiger partial charge on any atom is 0.322 e. The van der Waals surface area contributed by atoms with E-state index in [1.165, 1.54) is 17.0 Å². The lowest BCUT2D eigenvalue weighted by molar-refractivity contribution is 0.209. The molecule has 0 radical (unpaired) electrons. The van der Waals surface area contributed by atoms with Crippen LogP contribution < -0.4 is 20.3 Å². The number of amides is 2. The number of ether oxygens (including phenoxy) is 2. The largest absolute Gasteiger partial charge is 0.493 e. The molecule has 0 atom stereocenters. The third-order valence-electron chi connectivity index (χ3n) is 6.51. The Morgan fingerprint density at radius 3 is 2.49 bits per heavy atom. The maximum absolute atomic E-state index is 14.2. The molecular weight excluding hydrogens is 473 g/mol. The van der Waals surface area contributed by atoms with Crippen molar-refractivity contribution in [2.24, 2.45) is 0 Å². The van der Waals surface area contributed by atoms with E-state index >= 15 is 0 Å². The summed E-state index contributed by atoms with van der Waals surface area (Å²) in [6, 6.07) is 16.8. The van der Waals surface area contributed by atoms with E-state index in [-0.39, 0.29) is 24.3 Å². The van der Waals surface area contributed by atoms with Gasteiger partial charge >= 0.3 is 6.03 Å². The molecule has 3 aromatic carbocycles. The predicted octanol–water partition coefficient (Wildman–Crippen LogP) is 5.58. The zero-order valence-electron chi connectivity index (χ0n) is 21.4. The zero-order valence-corrected chi connectivity index (χ0v) is 21.4. The number of hydrogen-bond donors (Lipinski definition) is 2. The number of nitrogens with zero attached hydrogens (tertiary/aromatic N) is 1. The van der Waals surface area contributed by atoms with Crippen molar-refractivity contribution in [3.63, 3.8) is 0 Å². The van der Waals surface area contributed by atoms with Crippen molar-refractivity contribution in [2.45, 2.75) is 26.8 Å². The van der Waals surface area contributed by atoms with E-state index in [9.17, 15) is 14.0 Å². The molecule has 4 rings (SSSR count). The monoisotopic (exact) mass is 503 g/mol. The highest BCUT2D eigenvalue weighted by atomic mass is 19.1. The van der Waals surface area contributed by atoms with Gasteiger partial charge in [0, 0.05) is 12.1 Å². The fraction of sp³-hybridized carbons (Fsp3) is 0.241. The first-order chi connectivity index (χ1) is 17.8. The van der Waals surface area contributed by atoms with Crippen molar-refractivity contribution in [3.05, 3.63) is 99.1 Å². The second-order valence-corrected chi connectivity index (χ2v) is 8.87. The Kier molecular flexibility index (Phi) is 7.77. The summed E-state index contributed by atoms with van der Waals surface area (Å²) in [4.78, 5) is 30.7. The number of aromatic nitrogens is 1. The Hall–Kier alpha value is -4.33. The second-order valence-electron chi connectivity index (χ2n) is 8.87. The van der Waals surface area contributed by atoms with Crippen LogP contribution in [0.1, 0.15) is 22.3 Å². The molecule has 0 fully saturated rings. The van der Waals surface area contributed by atoms with Gasteiger partial charge < -0.3 is 24.7 Å². The van der Waals surface area contributed by atoms with Gasteiger partial charge in [-0.2, -0.15) is 0 Å². The van der Waals surface area contributed by atoms with Crippen molar-refractivity contribution in [3.8, 4) is 11.5 Å². The van der Waals surface area contributed by atoms with E-state index in [2.05, 4.69) is 10.3 Å². The Bertz CT molecular complexity index is 1500. The molecule has 2 amide bonds. The number of rotatable bonds is 8. The van der Waals surface area contributed by atoms with Gasteiger partial charge in [-0.05, 0) is 72.7 Å². The van der Waals surface area contributed by atoms with Crippen LogP contribution in [-0.4, -0.2) is 36.7 Å². The average Bonchev–Trinajstić information content (AvgIpc) is 2.90. The van der Waals surface area contributed by atoms with Crippen molar-refractivity contribution in [2.75, 3.05) is 26.1 Å². The number of carbonyl (C=O) groups is 1. The van der Waals surface area contributed by atoms with Gasteiger partial charge in [0.2, 0.25) is 0 Å². The van der Waals surface area contributed by atoms with Gasteiger partial charge in [0.1, 0.15) is 5.82 Å². The lowest BCUT2D eigenvalue weighted by atomic mass is 10.0. The maximum atomic E-state index is 14.2. The number of benzene rings is 3. The minimum Gasteiger partial charge on any atom is -0.493 e. The summed E-state index contributed by atoms with van der Waals surface area (Å²) in [7, 11) is 3.13. The first-order valence-electron chi connectivity index (χ1n) is 11.9. The first kappa shape index (κ1) is 25.8. The van der Waals surface area contributed by atoms with E-state index in [1.54, 1.807) is 38.5 Å². The number of halogens is 1. The summed E-state index contributed by atoms with van der Waals surface area (Å²) < 4.78 is 24.9. The molecule has 37 heavy (non-hydrogen) atoms. The minimum atomic E-state index is -0.537. The molecule has 4 aromatic rings. The van der Waals surface area contributed by atoms with Crippen molar-refractivity contribution >= 4 is 22.6 Å². The van der Waals surface area contributed by atoms with Gasteiger partial charge in [-0.25, -0.2) is 9.18 Å². The zero-order chi connectivity index (χ0) is 26.5. The van der Waals surface area contributed by atoms with E-state index in [0.717, 1.165) is 27.6 Å². The summed E-state index contributed by atoms with van der Waals surface area (Å²) in [5, 5.41) is 3.52. The molecule has 2 N–H and O–H groups in total. The summed E-state index contributed by atoms with van der Waals surface area (Å²) in [5.74, 6) is 0.651. The average molecular weight is 504 g/mol. The highest BCUT2D eigenvalue weighted by Gasteiger charge is 2.19. The Balaban J connectivity index is 1.63. The third kappa shape index (κ3) is 5.74. The number of para-hydroxylation sites is 1. The molecule has 0 aliphatic rings. The number of H-pyrrole nitrogens is 1. The number of fused-ring (bicyclic) bond motifs is 1. The molecule has 0 aliphatic heterocycles. The molecule has 0 unspecified atom stereocenters. The number of pyridine rings is 1. The van der Waals surface area contributed by atoms with E-state index in [1.807, 2.05) is 38.1 Å². The molecule has 1 aromatic heterocycles. The van der Waals surface area contributed by atoms with Crippen LogP contribution in [0.15, 0.2) is 65.5 Å². The van der Waals surface area contributed by atoms with Crippen LogP contribution in [0.5, 0.6) is 11.5 Å². The standard InChI is InChI=1S/C29H30FN3O4/c1-18-9-11-21-16-22(28(34)32-27(21)19(18)2)17-33(29(35)31-24-8-6-5-7-23(24)30)14-13-20-10-12-25(36-3)26(15-20)37-4/h5-12,15-16H,13-14,17H2,1-4H3,(H,31,35)(H,32,34). The van der Waals surface area contributed by atoms with Crippen molar-refractivity contribution < 1.29 is 18.7 Å². The number of anilines is 1. The SMILES string of the molecule is COc1ccc(CCN(Cc2cc3ccc(C)c(C)c3[nH]c2=O)C(=O)Nc2ccccc2F)cc1OC. The van der Waals surface area contributed by atoms with Crippen LogP contribution in [0.2, 0.25) is 0 Å². The predicted molar refractivity (Wildman–Crippen MR) is 143 cm³/mol. The van der Waals surface area contributed by atoms with E-state index in [4.69, 9.17) is 9.47 Å². The number of aryl methyl sites for hydroxylation is 2. The van der Waals surface area contributed by atoms with Crippen LogP contribution in [-0.2, 0) is 13.0 Å². The lowest BCUT2D eigenvalue weighted by Gasteiger charge is -2.24. The molecule has 0 bridgehead atoms. The Labute approximate surface area is 214 Å². The van der Waals surface area contributed by atoms with E-state index < -0.39 is 11.8 Å². The number of carbonyl (C=O) groups excluding carboxylic acids is 1. The molecule has 7 nitrogen and oxygen atoms in total. The quantitative estimate of drug-likeness (QED) is 0.329. The fourth-order valence-corrected chi connectivity index (χ4v) is 4.20. The van der Waals surface area contributed by atoms with Crippen molar-refractivity contribution in [1.82, 2.24) is 9.88 Å². The van der Waals surface area contributed by atoms with Gasteiger partial charge in [0.05, 0.1) is 32.0 Å². The lowest BCUT2D eigenvalue weighted by Crippen LogP contribution is -2.37. The van der Waals surface area contributed by atoms with Crippen molar-refractivity contribution in [1.29, 1.82) is 0 Å². The summed E-state index contributed by atoms with van der Waals surface area (Å²) in [6.45, 7) is 4.28. The molecule has 0 saturated carbocycles. The van der Waals surface area contributed by atoms with Gasteiger partial charge in [-0.3, -0.25) is 4.79 Å². The van der Waals surface area contributed by atoms with Crippen LogP contribution in [0.3, 0.4) is 0 Å².